The van der Waals surface area contributed by atoms with Gasteiger partial charge in [-0.15, -0.1) is 11.6 Å². The molecule has 0 bridgehead atoms. The number of hydrogen-bond acceptors (Lipinski definition) is 1. The first-order chi connectivity index (χ1) is 10.4. The average molecular weight is 318 g/mol. The third-order valence-corrected chi connectivity index (χ3v) is 5.92. The van der Waals surface area contributed by atoms with Gasteiger partial charge in [0.1, 0.15) is 0 Å². The van der Waals surface area contributed by atoms with Crippen molar-refractivity contribution < 1.29 is 4.79 Å². The van der Waals surface area contributed by atoms with Crippen LogP contribution in [0.15, 0.2) is 42.5 Å². The Labute approximate surface area is 138 Å². The lowest BCUT2D eigenvalue weighted by Crippen LogP contribution is -2.43. The number of carbonyl (C=O) groups is 1. The van der Waals surface area contributed by atoms with E-state index in [0.717, 1.165) is 25.0 Å². The highest BCUT2D eigenvalue weighted by molar-refractivity contribution is 6.24. The molecule has 3 rings (SSSR count). The highest BCUT2D eigenvalue weighted by Crippen LogP contribution is 2.51. The number of alkyl halides is 1. The van der Waals surface area contributed by atoms with Crippen molar-refractivity contribution >= 4 is 17.5 Å². The molecule has 1 aliphatic heterocycles. The van der Waals surface area contributed by atoms with Crippen LogP contribution in [0.4, 0.5) is 0 Å². The molecule has 1 aliphatic carbocycles. The normalized spacial score (nSPS) is 34.6. The number of rotatable bonds is 3. The van der Waals surface area contributed by atoms with Crippen LogP contribution >= 0.6 is 11.6 Å². The summed E-state index contributed by atoms with van der Waals surface area (Å²) in [7, 11) is 0. The van der Waals surface area contributed by atoms with E-state index in [0.29, 0.717) is 6.54 Å². The van der Waals surface area contributed by atoms with Gasteiger partial charge in [-0.3, -0.25) is 4.79 Å². The Balaban J connectivity index is 1.85. The molecular weight excluding hydrogens is 294 g/mol. The lowest BCUT2D eigenvalue weighted by Gasteiger charge is -2.41. The molecule has 0 aromatic heterocycles. The number of nitrogens with zero attached hydrogens (tertiary/aromatic N) is 1. The molecule has 1 aromatic rings. The molecule has 0 radical (unpaired) electrons. The molecule has 1 saturated heterocycles. The monoisotopic (exact) mass is 317 g/mol. The van der Waals surface area contributed by atoms with E-state index in [4.69, 9.17) is 11.6 Å². The molecule has 2 nitrogen and oxygen atoms in total. The lowest BCUT2D eigenvalue weighted by molar-refractivity contribution is -0.133. The summed E-state index contributed by atoms with van der Waals surface area (Å²) in [6.07, 6.45) is 1.93. The number of allylic oxidation sites excluding steroid dienone is 1. The SMILES string of the molecule is C=C(C)[C@H]1CC[C@](C)(Cl)[C@@H]2CN(Cc3ccccc3)C(=O)C12. The molecule has 1 unspecified atom stereocenters. The van der Waals surface area contributed by atoms with Gasteiger partial charge in [0.05, 0.1) is 5.92 Å². The molecule has 2 fully saturated rings. The Bertz CT molecular complexity index is 580. The largest absolute Gasteiger partial charge is 0.338 e. The lowest BCUT2D eigenvalue weighted by atomic mass is 9.66. The van der Waals surface area contributed by atoms with Gasteiger partial charge in [0.2, 0.25) is 5.91 Å². The second kappa shape index (κ2) is 5.73. The van der Waals surface area contributed by atoms with Crippen molar-refractivity contribution in [3.05, 3.63) is 48.0 Å². The fourth-order valence-electron chi connectivity index (χ4n) is 4.14. The van der Waals surface area contributed by atoms with E-state index >= 15 is 0 Å². The van der Waals surface area contributed by atoms with E-state index in [1.165, 1.54) is 5.56 Å². The zero-order valence-corrected chi connectivity index (χ0v) is 14.1. The van der Waals surface area contributed by atoms with Crippen molar-refractivity contribution in [2.75, 3.05) is 6.54 Å². The van der Waals surface area contributed by atoms with E-state index in [1.807, 2.05) is 30.0 Å². The number of carbonyl (C=O) groups excluding carboxylic acids is 1. The Morgan fingerprint density at radius 3 is 2.73 bits per heavy atom. The standard InChI is InChI=1S/C19H24ClNO/c1-13(2)15-9-10-19(3,20)16-12-21(18(22)17(15)16)11-14-7-5-4-6-8-14/h4-8,15-17H,1,9-12H2,2-3H3/t15-,16-,17?,19+/m1/s1. The van der Waals surface area contributed by atoms with Crippen molar-refractivity contribution in [1.82, 2.24) is 4.90 Å². The van der Waals surface area contributed by atoms with E-state index in [9.17, 15) is 4.79 Å². The molecule has 22 heavy (non-hydrogen) atoms. The van der Waals surface area contributed by atoms with E-state index in [-0.39, 0.29) is 28.5 Å². The third-order valence-electron chi connectivity index (χ3n) is 5.45. The maximum absolute atomic E-state index is 13.0. The molecular formula is C19H24ClNO. The highest BCUT2D eigenvalue weighted by atomic mass is 35.5. The molecule has 1 heterocycles. The predicted molar refractivity (Wildman–Crippen MR) is 90.6 cm³/mol. The summed E-state index contributed by atoms with van der Waals surface area (Å²) in [6, 6.07) is 10.2. The van der Waals surface area contributed by atoms with Gasteiger partial charge in [0.15, 0.2) is 0 Å². The first kappa shape index (κ1) is 15.6. The average Bonchev–Trinajstić information content (AvgIpc) is 2.79. The maximum Gasteiger partial charge on any atom is 0.227 e. The first-order valence-corrected chi connectivity index (χ1v) is 8.45. The van der Waals surface area contributed by atoms with Crippen molar-refractivity contribution in [3.63, 3.8) is 0 Å². The quantitative estimate of drug-likeness (QED) is 0.603. The minimum Gasteiger partial charge on any atom is -0.338 e. The van der Waals surface area contributed by atoms with Crippen molar-refractivity contribution in [3.8, 4) is 0 Å². The Morgan fingerprint density at radius 1 is 1.41 bits per heavy atom. The molecule has 0 spiro atoms. The van der Waals surface area contributed by atoms with Crippen molar-refractivity contribution in [1.29, 1.82) is 0 Å². The number of likely N-dealkylation sites (tertiary alicyclic amines) is 1. The fraction of sp³-hybridized carbons (Fsp3) is 0.526. The zero-order valence-electron chi connectivity index (χ0n) is 13.4. The summed E-state index contributed by atoms with van der Waals surface area (Å²) in [5, 5.41) is 0. The molecule has 1 aromatic carbocycles. The maximum atomic E-state index is 13.0. The Kier molecular flexibility index (Phi) is 4.07. The summed E-state index contributed by atoms with van der Waals surface area (Å²) in [6.45, 7) is 9.71. The summed E-state index contributed by atoms with van der Waals surface area (Å²) >= 11 is 6.77. The van der Waals surface area contributed by atoms with E-state index < -0.39 is 0 Å². The van der Waals surface area contributed by atoms with E-state index in [1.54, 1.807) is 0 Å². The van der Waals surface area contributed by atoms with Gasteiger partial charge in [-0.25, -0.2) is 0 Å². The van der Waals surface area contributed by atoms with Gasteiger partial charge in [0, 0.05) is 23.9 Å². The van der Waals surface area contributed by atoms with Crippen molar-refractivity contribution in [2.24, 2.45) is 17.8 Å². The molecule has 0 N–H and O–H groups in total. The van der Waals surface area contributed by atoms with Crippen LogP contribution in [0.1, 0.15) is 32.3 Å². The molecule has 1 amide bonds. The summed E-state index contributed by atoms with van der Waals surface area (Å²) < 4.78 is 0. The summed E-state index contributed by atoms with van der Waals surface area (Å²) in [5.74, 6) is 0.775. The second-order valence-electron chi connectivity index (χ2n) is 7.11. The van der Waals surface area contributed by atoms with Gasteiger partial charge < -0.3 is 4.90 Å². The molecule has 3 heteroatoms. The van der Waals surface area contributed by atoms with Gasteiger partial charge in [-0.05, 0) is 38.2 Å². The summed E-state index contributed by atoms with van der Waals surface area (Å²) in [5.41, 5.74) is 2.30. The molecule has 4 atom stereocenters. The van der Waals surface area contributed by atoms with Crippen LogP contribution in [0, 0.1) is 17.8 Å². The molecule has 1 saturated carbocycles. The number of halogens is 1. The fourth-order valence-corrected chi connectivity index (χ4v) is 4.46. The van der Waals surface area contributed by atoms with Gasteiger partial charge in [-0.2, -0.15) is 0 Å². The summed E-state index contributed by atoms with van der Waals surface area (Å²) in [4.78, 5) is 14.7. The predicted octanol–water partition coefficient (Wildman–Crippen LogP) is 4.24. The van der Waals surface area contributed by atoms with Gasteiger partial charge >= 0.3 is 0 Å². The topological polar surface area (TPSA) is 20.3 Å². The first-order valence-electron chi connectivity index (χ1n) is 8.07. The number of benzene rings is 1. The van der Waals surface area contributed by atoms with Crippen LogP contribution in [0.25, 0.3) is 0 Å². The van der Waals surface area contributed by atoms with Crippen LogP contribution in [-0.2, 0) is 11.3 Å². The van der Waals surface area contributed by atoms with Crippen LogP contribution < -0.4 is 0 Å². The minimum absolute atomic E-state index is 0.0115. The Morgan fingerprint density at radius 2 is 2.09 bits per heavy atom. The smallest absolute Gasteiger partial charge is 0.227 e. The molecule has 118 valence electrons. The van der Waals surface area contributed by atoms with E-state index in [2.05, 4.69) is 25.6 Å². The number of hydrogen-bond donors (Lipinski definition) is 0. The van der Waals surface area contributed by atoms with Gasteiger partial charge in [0.25, 0.3) is 0 Å². The number of amides is 1. The highest BCUT2D eigenvalue weighted by Gasteiger charge is 2.54. The Hall–Kier alpha value is -1.28. The third kappa shape index (κ3) is 2.69. The van der Waals surface area contributed by atoms with Crippen LogP contribution in [0.3, 0.4) is 0 Å². The van der Waals surface area contributed by atoms with Gasteiger partial charge in [-0.1, -0.05) is 42.5 Å². The van der Waals surface area contributed by atoms with Crippen LogP contribution in [0.5, 0.6) is 0 Å². The van der Waals surface area contributed by atoms with Crippen LogP contribution in [0.2, 0.25) is 0 Å². The second-order valence-corrected chi connectivity index (χ2v) is 7.97. The zero-order chi connectivity index (χ0) is 15.9. The van der Waals surface area contributed by atoms with Crippen LogP contribution in [-0.4, -0.2) is 22.2 Å². The number of fused-ring (bicyclic) bond motifs is 1. The minimum atomic E-state index is -0.280. The van der Waals surface area contributed by atoms with Crippen molar-refractivity contribution in [2.45, 2.75) is 38.1 Å². The molecule has 2 aliphatic rings.